The number of benzene rings is 2. The van der Waals surface area contributed by atoms with E-state index < -0.39 is 5.97 Å². The molecule has 1 aliphatic rings. The second kappa shape index (κ2) is 9.73. The van der Waals surface area contributed by atoms with E-state index in [0.717, 1.165) is 47.6 Å². The van der Waals surface area contributed by atoms with E-state index in [1.165, 1.54) is 19.3 Å². The van der Waals surface area contributed by atoms with Gasteiger partial charge < -0.3 is 5.11 Å². The molecule has 0 radical (unpaired) electrons. The van der Waals surface area contributed by atoms with Crippen LogP contribution in [-0.2, 0) is 6.42 Å². The van der Waals surface area contributed by atoms with Crippen molar-refractivity contribution < 1.29 is 9.90 Å². The average Bonchev–Trinajstić information content (AvgIpc) is 3.21. The standard InChI is InChI=1S/C26H29N3O2/c1-2-3-13-24-27-25(29(28-24)21-9-5-4-6-10-21)18-19-14-16-20(17-15-19)22-11-7-8-12-23(22)26(30)31/h3,7-8,11-17,21H,2,4-6,9-10,18H2,1H3,(H,30,31). The highest BCUT2D eigenvalue weighted by Gasteiger charge is 2.21. The molecule has 0 atom stereocenters. The normalized spacial score (nSPS) is 14.9. The van der Waals surface area contributed by atoms with Crippen molar-refractivity contribution in [2.45, 2.75) is 57.9 Å². The SMILES string of the molecule is CCC=Cc1nc(Cc2ccc(-c3ccccc3C(=O)O)cc2)n(C2CCCCC2)n1. The first-order chi connectivity index (χ1) is 15.2. The van der Waals surface area contributed by atoms with Gasteiger partial charge in [-0.2, -0.15) is 5.10 Å². The Morgan fingerprint density at radius 2 is 1.84 bits per heavy atom. The number of carboxylic acid groups (broad SMARTS) is 1. The monoisotopic (exact) mass is 415 g/mol. The lowest BCUT2D eigenvalue weighted by Crippen LogP contribution is -2.17. The summed E-state index contributed by atoms with van der Waals surface area (Å²) in [5.74, 6) is 0.878. The predicted octanol–water partition coefficient (Wildman–Crippen LogP) is 6.16. The summed E-state index contributed by atoms with van der Waals surface area (Å²) in [7, 11) is 0. The zero-order chi connectivity index (χ0) is 21.6. The molecule has 1 fully saturated rings. The van der Waals surface area contributed by atoms with Gasteiger partial charge in [-0.15, -0.1) is 0 Å². The van der Waals surface area contributed by atoms with Crippen LogP contribution in [0.4, 0.5) is 0 Å². The minimum Gasteiger partial charge on any atom is -0.478 e. The van der Waals surface area contributed by atoms with Gasteiger partial charge >= 0.3 is 5.97 Å². The van der Waals surface area contributed by atoms with Crippen molar-refractivity contribution in [1.29, 1.82) is 0 Å². The van der Waals surface area contributed by atoms with Crippen LogP contribution in [0.25, 0.3) is 17.2 Å². The molecule has 0 saturated heterocycles. The third kappa shape index (κ3) is 4.93. The van der Waals surface area contributed by atoms with Crippen LogP contribution in [0.1, 0.15) is 79.1 Å². The summed E-state index contributed by atoms with van der Waals surface area (Å²) in [6.45, 7) is 2.11. The molecule has 160 valence electrons. The average molecular weight is 416 g/mol. The molecule has 2 aromatic carbocycles. The Hall–Kier alpha value is -3.21. The maximum Gasteiger partial charge on any atom is 0.336 e. The lowest BCUT2D eigenvalue weighted by atomic mass is 9.95. The lowest BCUT2D eigenvalue weighted by molar-refractivity contribution is 0.0697. The molecule has 1 N–H and O–H groups in total. The first-order valence-electron chi connectivity index (χ1n) is 11.2. The van der Waals surface area contributed by atoms with Crippen molar-refractivity contribution in [1.82, 2.24) is 14.8 Å². The van der Waals surface area contributed by atoms with Gasteiger partial charge in [-0.3, -0.25) is 0 Å². The summed E-state index contributed by atoms with van der Waals surface area (Å²) in [6.07, 6.45) is 11.9. The van der Waals surface area contributed by atoms with Crippen molar-refractivity contribution in [2.75, 3.05) is 0 Å². The van der Waals surface area contributed by atoms with E-state index in [1.54, 1.807) is 12.1 Å². The first kappa shape index (κ1) is 21.0. The molecule has 5 heteroatoms. The van der Waals surface area contributed by atoms with Crippen LogP contribution >= 0.6 is 0 Å². The number of rotatable bonds is 7. The van der Waals surface area contributed by atoms with Crippen molar-refractivity contribution in [3.05, 3.63) is 77.4 Å². The quantitative estimate of drug-likeness (QED) is 0.501. The first-order valence-corrected chi connectivity index (χ1v) is 11.2. The van der Waals surface area contributed by atoms with Gasteiger partial charge in [0.25, 0.3) is 0 Å². The van der Waals surface area contributed by atoms with Crippen molar-refractivity contribution >= 4 is 12.0 Å². The molecule has 3 aromatic rings. The molecule has 0 amide bonds. The van der Waals surface area contributed by atoms with E-state index in [1.807, 2.05) is 30.3 Å². The van der Waals surface area contributed by atoms with Gasteiger partial charge in [0.15, 0.2) is 5.82 Å². The molecule has 0 unspecified atom stereocenters. The molecule has 1 aliphatic carbocycles. The largest absolute Gasteiger partial charge is 0.478 e. The summed E-state index contributed by atoms with van der Waals surface area (Å²) in [5.41, 5.74) is 3.10. The molecule has 0 bridgehead atoms. The fourth-order valence-corrected chi connectivity index (χ4v) is 4.31. The second-order valence-electron chi connectivity index (χ2n) is 8.16. The summed E-state index contributed by atoms with van der Waals surface area (Å²) >= 11 is 0. The van der Waals surface area contributed by atoms with Gasteiger partial charge in [-0.1, -0.05) is 74.7 Å². The van der Waals surface area contributed by atoms with Crippen molar-refractivity contribution in [2.24, 2.45) is 0 Å². The minimum atomic E-state index is -0.909. The van der Waals surface area contributed by atoms with Gasteiger partial charge in [-0.05, 0) is 48.1 Å². The van der Waals surface area contributed by atoms with Crippen LogP contribution in [0.5, 0.6) is 0 Å². The number of allylic oxidation sites excluding steroid dienone is 1. The second-order valence-corrected chi connectivity index (χ2v) is 8.16. The Balaban J connectivity index is 1.60. The maximum atomic E-state index is 11.5. The lowest BCUT2D eigenvalue weighted by Gasteiger charge is -2.23. The van der Waals surface area contributed by atoms with Crippen LogP contribution in [0.2, 0.25) is 0 Å². The van der Waals surface area contributed by atoms with Crippen LogP contribution in [0, 0.1) is 0 Å². The van der Waals surface area contributed by atoms with Crippen molar-refractivity contribution in [3.63, 3.8) is 0 Å². The molecule has 1 aromatic heterocycles. The number of aromatic carboxylic acids is 1. The fourth-order valence-electron chi connectivity index (χ4n) is 4.31. The van der Waals surface area contributed by atoms with E-state index in [4.69, 9.17) is 10.1 Å². The Kier molecular flexibility index (Phi) is 6.60. The Morgan fingerprint density at radius 3 is 2.55 bits per heavy atom. The van der Waals surface area contributed by atoms with Crippen LogP contribution in [0.15, 0.2) is 54.6 Å². The molecule has 5 nitrogen and oxygen atoms in total. The zero-order valence-corrected chi connectivity index (χ0v) is 18.0. The highest BCUT2D eigenvalue weighted by atomic mass is 16.4. The third-order valence-corrected chi connectivity index (χ3v) is 5.93. The Bertz CT molecular complexity index is 1060. The topological polar surface area (TPSA) is 68.0 Å². The molecule has 31 heavy (non-hydrogen) atoms. The van der Waals surface area contributed by atoms with Gasteiger partial charge in [0.05, 0.1) is 11.6 Å². The molecule has 0 spiro atoms. The number of aromatic nitrogens is 3. The van der Waals surface area contributed by atoms with E-state index in [-0.39, 0.29) is 0 Å². The van der Waals surface area contributed by atoms with E-state index in [9.17, 15) is 9.90 Å². The maximum absolute atomic E-state index is 11.5. The van der Waals surface area contributed by atoms with Crippen LogP contribution < -0.4 is 0 Å². The highest BCUT2D eigenvalue weighted by Crippen LogP contribution is 2.30. The molecular weight excluding hydrogens is 386 g/mol. The van der Waals surface area contributed by atoms with E-state index in [0.29, 0.717) is 18.0 Å². The third-order valence-electron chi connectivity index (χ3n) is 5.93. The number of nitrogens with zero attached hydrogens (tertiary/aromatic N) is 3. The summed E-state index contributed by atoms with van der Waals surface area (Å²) in [4.78, 5) is 16.4. The van der Waals surface area contributed by atoms with Gasteiger partial charge in [-0.25, -0.2) is 14.5 Å². The van der Waals surface area contributed by atoms with Crippen LogP contribution in [0.3, 0.4) is 0 Å². The fraction of sp³-hybridized carbons (Fsp3) is 0.346. The summed E-state index contributed by atoms with van der Waals surface area (Å²) in [6, 6.07) is 15.7. The summed E-state index contributed by atoms with van der Waals surface area (Å²) < 4.78 is 2.15. The van der Waals surface area contributed by atoms with Gasteiger partial charge in [0.2, 0.25) is 0 Å². The van der Waals surface area contributed by atoms with E-state index in [2.05, 4.69) is 29.8 Å². The molecule has 1 saturated carbocycles. The Morgan fingerprint density at radius 1 is 1.10 bits per heavy atom. The Labute approximate surface area is 183 Å². The van der Waals surface area contributed by atoms with Gasteiger partial charge in [0.1, 0.15) is 5.82 Å². The highest BCUT2D eigenvalue weighted by molar-refractivity contribution is 5.95. The van der Waals surface area contributed by atoms with Gasteiger partial charge in [0, 0.05) is 6.42 Å². The molecule has 1 heterocycles. The zero-order valence-electron chi connectivity index (χ0n) is 18.0. The molecule has 4 rings (SSSR count). The summed E-state index contributed by atoms with van der Waals surface area (Å²) in [5, 5.41) is 14.3. The number of hydrogen-bond acceptors (Lipinski definition) is 3. The van der Waals surface area contributed by atoms with Crippen molar-refractivity contribution in [3.8, 4) is 11.1 Å². The number of carboxylic acids is 1. The molecule has 0 aliphatic heterocycles. The van der Waals surface area contributed by atoms with Crippen LogP contribution in [-0.4, -0.2) is 25.8 Å². The van der Waals surface area contributed by atoms with E-state index >= 15 is 0 Å². The number of carbonyl (C=O) groups is 1. The smallest absolute Gasteiger partial charge is 0.336 e. The minimum absolute atomic E-state index is 0.319. The predicted molar refractivity (Wildman–Crippen MR) is 123 cm³/mol. The molecular formula is C26H29N3O2. The number of hydrogen-bond donors (Lipinski definition) is 1.